The summed E-state index contributed by atoms with van der Waals surface area (Å²) in [5.41, 5.74) is 0. The van der Waals surface area contributed by atoms with Gasteiger partial charge in [-0.25, -0.2) is 13.1 Å². The SMILES string of the molecule is CCNS(=O)(=O)C1CCC(C)CC1. The third-order valence-electron chi connectivity index (χ3n) is 2.75. The second-order valence-corrected chi connectivity index (χ2v) is 5.97. The van der Waals surface area contributed by atoms with Crippen LogP contribution in [0.4, 0.5) is 0 Å². The van der Waals surface area contributed by atoms with Gasteiger partial charge in [-0.15, -0.1) is 0 Å². The molecule has 3 nitrogen and oxygen atoms in total. The highest BCUT2D eigenvalue weighted by Gasteiger charge is 2.28. The molecule has 0 unspecified atom stereocenters. The average Bonchev–Trinajstić information content (AvgIpc) is 2.05. The molecule has 0 aromatic rings. The van der Waals surface area contributed by atoms with Crippen LogP contribution < -0.4 is 4.72 Å². The molecule has 0 aromatic carbocycles. The van der Waals surface area contributed by atoms with Gasteiger partial charge in [0.25, 0.3) is 0 Å². The Balaban J connectivity index is 2.53. The van der Waals surface area contributed by atoms with Crippen LogP contribution >= 0.6 is 0 Å². The van der Waals surface area contributed by atoms with Gasteiger partial charge in [-0.3, -0.25) is 0 Å². The predicted octanol–water partition coefficient (Wildman–Crippen LogP) is 1.50. The standard InChI is InChI=1S/C9H19NO2S/c1-3-10-13(11,12)9-6-4-8(2)5-7-9/h8-10H,3-7H2,1-2H3. The van der Waals surface area contributed by atoms with Crippen molar-refractivity contribution in [1.82, 2.24) is 4.72 Å². The minimum absolute atomic E-state index is 0.136. The van der Waals surface area contributed by atoms with E-state index in [1.807, 2.05) is 6.92 Å². The van der Waals surface area contributed by atoms with Gasteiger partial charge in [0.1, 0.15) is 0 Å². The maximum Gasteiger partial charge on any atom is 0.214 e. The number of nitrogens with one attached hydrogen (secondary N) is 1. The molecule has 0 amide bonds. The average molecular weight is 205 g/mol. The van der Waals surface area contributed by atoms with Crippen molar-refractivity contribution >= 4 is 10.0 Å². The molecule has 1 aliphatic rings. The molecular weight excluding hydrogens is 186 g/mol. The summed E-state index contributed by atoms with van der Waals surface area (Å²) in [4.78, 5) is 0. The molecule has 1 aliphatic carbocycles. The molecule has 1 N–H and O–H groups in total. The van der Waals surface area contributed by atoms with Crippen LogP contribution in [0.15, 0.2) is 0 Å². The molecule has 13 heavy (non-hydrogen) atoms. The monoisotopic (exact) mass is 205 g/mol. The summed E-state index contributed by atoms with van der Waals surface area (Å²) in [5.74, 6) is 0.702. The Morgan fingerprint density at radius 1 is 1.23 bits per heavy atom. The van der Waals surface area contributed by atoms with Crippen LogP contribution in [0, 0.1) is 5.92 Å². The lowest BCUT2D eigenvalue weighted by atomic mass is 9.91. The minimum atomic E-state index is -3.01. The lowest BCUT2D eigenvalue weighted by Crippen LogP contribution is -2.36. The van der Waals surface area contributed by atoms with Crippen molar-refractivity contribution in [1.29, 1.82) is 0 Å². The van der Waals surface area contributed by atoms with Crippen LogP contribution in [0.1, 0.15) is 39.5 Å². The fourth-order valence-electron chi connectivity index (χ4n) is 1.86. The topological polar surface area (TPSA) is 46.2 Å². The van der Waals surface area contributed by atoms with Gasteiger partial charge < -0.3 is 0 Å². The van der Waals surface area contributed by atoms with E-state index in [0.29, 0.717) is 12.5 Å². The van der Waals surface area contributed by atoms with Gasteiger partial charge in [-0.05, 0) is 31.6 Å². The van der Waals surface area contributed by atoms with E-state index in [0.717, 1.165) is 25.7 Å². The summed E-state index contributed by atoms with van der Waals surface area (Å²) in [6, 6.07) is 0. The van der Waals surface area contributed by atoms with E-state index in [2.05, 4.69) is 11.6 Å². The van der Waals surface area contributed by atoms with E-state index in [-0.39, 0.29) is 5.25 Å². The van der Waals surface area contributed by atoms with E-state index < -0.39 is 10.0 Å². The Morgan fingerprint density at radius 3 is 2.23 bits per heavy atom. The second kappa shape index (κ2) is 4.42. The van der Waals surface area contributed by atoms with Crippen molar-refractivity contribution in [3.63, 3.8) is 0 Å². The summed E-state index contributed by atoms with van der Waals surface area (Å²) in [6.45, 7) is 4.52. The molecule has 0 bridgehead atoms. The molecule has 0 aromatic heterocycles. The Morgan fingerprint density at radius 2 is 1.77 bits per heavy atom. The fraction of sp³-hybridized carbons (Fsp3) is 1.00. The highest BCUT2D eigenvalue weighted by Crippen LogP contribution is 2.27. The van der Waals surface area contributed by atoms with Crippen LogP contribution in [-0.4, -0.2) is 20.2 Å². The molecule has 0 saturated heterocycles. The number of rotatable bonds is 3. The highest BCUT2D eigenvalue weighted by atomic mass is 32.2. The van der Waals surface area contributed by atoms with Gasteiger partial charge >= 0.3 is 0 Å². The van der Waals surface area contributed by atoms with E-state index in [1.54, 1.807) is 0 Å². The molecule has 0 spiro atoms. The maximum atomic E-state index is 11.6. The van der Waals surface area contributed by atoms with Crippen LogP contribution in [0.5, 0.6) is 0 Å². The molecule has 0 atom stereocenters. The van der Waals surface area contributed by atoms with Crippen molar-refractivity contribution < 1.29 is 8.42 Å². The van der Waals surface area contributed by atoms with Crippen LogP contribution in [0.3, 0.4) is 0 Å². The number of hydrogen-bond acceptors (Lipinski definition) is 2. The molecule has 78 valence electrons. The fourth-order valence-corrected chi connectivity index (χ4v) is 3.39. The van der Waals surface area contributed by atoms with Crippen molar-refractivity contribution in [2.24, 2.45) is 5.92 Å². The molecule has 1 rings (SSSR count). The number of sulfonamides is 1. The highest BCUT2D eigenvalue weighted by molar-refractivity contribution is 7.90. The van der Waals surface area contributed by atoms with Crippen LogP contribution in [0.25, 0.3) is 0 Å². The van der Waals surface area contributed by atoms with Crippen molar-refractivity contribution in [3.8, 4) is 0 Å². The lowest BCUT2D eigenvalue weighted by Gasteiger charge is -2.25. The second-order valence-electron chi connectivity index (χ2n) is 3.92. The maximum absolute atomic E-state index is 11.6. The Hall–Kier alpha value is -0.0900. The van der Waals surface area contributed by atoms with Gasteiger partial charge in [0.15, 0.2) is 0 Å². The van der Waals surface area contributed by atoms with Crippen molar-refractivity contribution in [2.75, 3.05) is 6.54 Å². The number of hydrogen-bond donors (Lipinski definition) is 1. The zero-order chi connectivity index (χ0) is 9.90. The summed E-state index contributed by atoms with van der Waals surface area (Å²) >= 11 is 0. The molecule has 0 heterocycles. The van der Waals surface area contributed by atoms with E-state index >= 15 is 0 Å². The van der Waals surface area contributed by atoms with Gasteiger partial charge in [0.05, 0.1) is 5.25 Å². The van der Waals surface area contributed by atoms with Crippen LogP contribution in [0.2, 0.25) is 0 Å². The van der Waals surface area contributed by atoms with Crippen molar-refractivity contribution in [2.45, 2.75) is 44.8 Å². The Bertz CT molecular complexity index is 240. The molecule has 1 fully saturated rings. The van der Waals surface area contributed by atoms with Crippen molar-refractivity contribution in [3.05, 3.63) is 0 Å². The quantitative estimate of drug-likeness (QED) is 0.759. The molecule has 1 saturated carbocycles. The van der Waals surface area contributed by atoms with E-state index in [1.165, 1.54) is 0 Å². The first-order valence-electron chi connectivity index (χ1n) is 5.04. The molecule has 0 radical (unpaired) electrons. The first-order valence-corrected chi connectivity index (χ1v) is 6.59. The van der Waals surface area contributed by atoms with E-state index in [9.17, 15) is 8.42 Å². The predicted molar refractivity (Wildman–Crippen MR) is 54.0 cm³/mol. The molecule has 0 aliphatic heterocycles. The first-order chi connectivity index (χ1) is 6.06. The minimum Gasteiger partial charge on any atom is -0.215 e. The third-order valence-corrected chi connectivity index (χ3v) is 4.79. The van der Waals surface area contributed by atoms with Gasteiger partial charge in [-0.2, -0.15) is 0 Å². The summed E-state index contributed by atoms with van der Waals surface area (Å²) in [6.07, 6.45) is 3.76. The Kier molecular flexibility index (Phi) is 3.74. The lowest BCUT2D eigenvalue weighted by molar-refractivity contribution is 0.381. The molecule has 4 heteroatoms. The largest absolute Gasteiger partial charge is 0.215 e. The first kappa shape index (κ1) is 11.0. The van der Waals surface area contributed by atoms with Gasteiger partial charge in [0, 0.05) is 6.54 Å². The van der Waals surface area contributed by atoms with E-state index in [4.69, 9.17) is 0 Å². The van der Waals surface area contributed by atoms with Gasteiger partial charge in [0.2, 0.25) is 10.0 Å². The zero-order valence-corrected chi connectivity index (χ0v) is 9.23. The summed E-state index contributed by atoms with van der Waals surface area (Å²) < 4.78 is 25.7. The third kappa shape index (κ3) is 2.95. The summed E-state index contributed by atoms with van der Waals surface area (Å²) in [7, 11) is -3.01. The zero-order valence-electron chi connectivity index (χ0n) is 8.41. The normalized spacial score (nSPS) is 30.3. The molecular formula is C9H19NO2S. The smallest absolute Gasteiger partial charge is 0.214 e. The van der Waals surface area contributed by atoms with Gasteiger partial charge in [-0.1, -0.05) is 13.8 Å². The van der Waals surface area contributed by atoms with Crippen LogP contribution in [-0.2, 0) is 10.0 Å². The summed E-state index contributed by atoms with van der Waals surface area (Å²) in [5, 5.41) is -0.136. The Labute approximate surface area is 81.0 Å².